The number of rotatable bonds is 42. The lowest BCUT2D eigenvalue weighted by atomic mass is 10.0. The Kier molecular flexibility index (Phi) is 44.9. The number of esters is 1. The topological polar surface area (TPSA) is 95.9 Å². The number of aliphatic hydroxyl groups is 2. The molecule has 346 valence electrons. The van der Waals surface area contributed by atoms with Gasteiger partial charge < -0.3 is 20.3 Å². The molecule has 0 spiro atoms. The minimum Gasteiger partial charge on any atom is -0.462 e. The molecule has 6 heteroatoms. The Balaban J connectivity index is 4.77. The van der Waals surface area contributed by atoms with Crippen molar-refractivity contribution in [3.63, 3.8) is 0 Å². The molecule has 0 heterocycles. The molecule has 0 aromatic carbocycles. The summed E-state index contributed by atoms with van der Waals surface area (Å²) in [5, 5.41) is 23.7. The Bertz CT molecular complexity index is 1270. The molecule has 0 aromatic rings. The van der Waals surface area contributed by atoms with Crippen LogP contribution in [0.4, 0.5) is 0 Å². The highest BCUT2D eigenvalue weighted by atomic mass is 16.5. The maximum Gasteiger partial charge on any atom is 0.306 e. The fourth-order valence-corrected chi connectivity index (χ4v) is 6.81. The number of amides is 1. The first-order chi connectivity index (χ1) is 30.0. The molecule has 0 saturated heterocycles. The van der Waals surface area contributed by atoms with Gasteiger partial charge >= 0.3 is 5.97 Å². The molecule has 0 rings (SSSR count). The Morgan fingerprint density at radius 1 is 0.508 bits per heavy atom. The van der Waals surface area contributed by atoms with Gasteiger partial charge in [0.1, 0.15) is 6.10 Å². The zero-order valence-electron chi connectivity index (χ0n) is 39.2. The monoisotopic (exact) mass is 846 g/mol. The number of hydrogen-bond donors (Lipinski definition) is 3. The molecule has 0 aromatic heterocycles. The Labute approximate surface area is 375 Å². The van der Waals surface area contributed by atoms with Gasteiger partial charge in [-0.15, -0.1) is 0 Å². The number of carbonyl (C=O) groups excluding carboxylic acids is 2. The molecule has 1 amide bonds. The van der Waals surface area contributed by atoms with E-state index in [2.05, 4.69) is 80.8 Å². The van der Waals surface area contributed by atoms with Gasteiger partial charge in [0.2, 0.25) is 5.91 Å². The normalized spacial score (nSPS) is 14.2. The van der Waals surface area contributed by atoms with Gasteiger partial charge in [0.25, 0.3) is 0 Å². The molecular weight excluding hydrogens is 755 g/mol. The highest BCUT2D eigenvalue weighted by Crippen LogP contribution is 2.16. The second-order valence-electron chi connectivity index (χ2n) is 16.2. The van der Waals surface area contributed by atoms with Crippen LogP contribution in [-0.4, -0.2) is 46.9 Å². The standard InChI is InChI=1S/C55H91NO5/c1-4-7-10-13-16-19-22-25-27-30-32-35-38-41-44-47-53(58)52(50-57)56-54(59)49-51(46-43-40-37-34-31-29-26-23-20-17-14-11-8-5-2)61-55(60)48-45-42-39-36-33-28-24-21-18-15-12-9-6-3/h8-9,11-12,15,17-18,20-21,24,26,28-29,33-34,36-37,39,51-53,57-58H,4-7,10,13-14,16,19,22-23,25,27,30-32,35,38,40-50H2,1-3H3,(H,56,59)/b11-8+,12-9+,18-15+,20-17+,24-21-,29-26+,33-28-,37-34+,39-36+. The van der Waals surface area contributed by atoms with Crippen LogP contribution in [0.25, 0.3) is 0 Å². The lowest BCUT2D eigenvalue weighted by Crippen LogP contribution is -2.46. The van der Waals surface area contributed by atoms with Gasteiger partial charge in [0.05, 0.1) is 25.2 Å². The molecule has 3 unspecified atom stereocenters. The maximum atomic E-state index is 13.2. The number of unbranched alkanes of at least 4 members (excludes halogenated alkanes) is 16. The van der Waals surface area contributed by atoms with Crippen molar-refractivity contribution >= 4 is 11.9 Å². The van der Waals surface area contributed by atoms with Crippen LogP contribution in [-0.2, 0) is 14.3 Å². The molecule has 0 saturated carbocycles. The van der Waals surface area contributed by atoms with E-state index in [1.54, 1.807) is 0 Å². The number of aliphatic hydroxyl groups excluding tert-OH is 2. The van der Waals surface area contributed by atoms with E-state index >= 15 is 0 Å². The number of ether oxygens (including phenoxy) is 1. The average Bonchev–Trinajstić information content (AvgIpc) is 3.25. The molecular formula is C55H91NO5. The summed E-state index contributed by atoms with van der Waals surface area (Å²) in [4.78, 5) is 26.0. The molecule has 0 aliphatic rings. The molecule has 61 heavy (non-hydrogen) atoms. The van der Waals surface area contributed by atoms with Crippen LogP contribution in [0.1, 0.15) is 201 Å². The van der Waals surface area contributed by atoms with Crippen molar-refractivity contribution in [2.75, 3.05) is 6.61 Å². The van der Waals surface area contributed by atoms with Crippen LogP contribution in [0.3, 0.4) is 0 Å². The maximum absolute atomic E-state index is 13.2. The van der Waals surface area contributed by atoms with E-state index in [1.165, 1.54) is 77.0 Å². The highest BCUT2D eigenvalue weighted by Gasteiger charge is 2.24. The van der Waals surface area contributed by atoms with Crippen LogP contribution in [0.2, 0.25) is 0 Å². The second-order valence-corrected chi connectivity index (χ2v) is 16.2. The first-order valence-corrected chi connectivity index (χ1v) is 24.7. The van der Waals surface area contributed by atoms with Crippen LogP contribution in [0, 0.1) is 0 Å². The minimum absolute atomic E-state index is 0.00438. The summed E-state index contributed by atoms with van der Waals surface area (Å²) in [7, 11) is 0. The quantitative estimate of drug-likeness (QED) is 0.0246. The number of allylic oxidation sites excluding steroid dienone is 18. The summed E-state index contributed by atoms with van der Waals surface area (Å²) in [5.74, 6) is -0.628. The van der Waals surface area contributed by atoms with Crippen LogP contribution < -0.4 is 5.32 Å². The predicted octanol–water partition coefficient (Wildman–Crippen LogP) is 14.7. The molecule has 6 nitrogen and oxygen atoms in total. The number of hydrogen-bond acceptors (Lipinski definition) is 5. The van der Waals surface area contributed by atoms with E-state index < -0.39 is 18.2 Å². The lowest BCUT2D eigenvalue weighted by molar-refractivity contribution is -0.151. The SMILES string of the molecule is CC/C=C/C=C/C=C\C=C/C=C/CCCC(=O)OC(CCC/C=C/C/C=C/C/C=C/C/C=C/CC)CC(=O)NC(CO)C(O)CCCCCCCCCCCCCCCCC. The molecule has 0 fully saturated rings. The number of nitrogens with one attached hydrogen (secondary N) is 1. The van der Waals surface area contributed by atoms with E-state index in [-0.39, 0.29) is 31.3 Å². The first kappa shape index (κ1) is 57.5. The van der Waals surface area contributed by atoms with Gasteiger partial charge in [-0.1, -0.05) is 226 Å². The van der Waals surface area contributed by atoms with Gasteiger partial charge in [-0.3, -0.25) is 9.59 Å². The Morgan fingerprint density at radius 3 is 1.49 bits per heavy atom. The Morgan fingerprint density at radius 2 is 0.967 bits per heavy atom. The third-order valence-electron chi connectivity index (χ3n) is 10.5. The second kappa shape index (κ2) is 47.6. The van der Waals surface area contributed by atoms with Crippen molar-refractivity contribution < 1.29 is 24.5 Å². The van der Waals surface area contributed by atoms with E-state index in [9.17, 15) is 19.8 Å². The molecule has 0 bridgehead atoms. The van der Waals surface area contributed by atoms with Gasteiger partial charge in [-0.25, -0.2) is 0 Å². The van der Waals surface area contributed by atoms with E-state index in [1.807, 2.05) is 54.7 Å². The van der Waals surface area contributed by atoms with Crippen LogP contribution >= 0.6 is 0 Å². The van der Waals surface area contributed by atoms with Crippen molar-refractivity contribution in [1.82, 2.24) is 5.32 Å². The summed E-state index contributed by atoms with van der Waals surface area (Å²) < 4.78 is 5.85. The summed E-state index contributed by atoms with van der Waals surface area (Å²) >= 11 is 0. The molecule has 0 radical (unpaired) electrons. The lowest BCUT2D eigenvalue weighted by Gasteiger charge is -2.24. The van der Waals surface area contributed by atoms with Crippen molar-refractivity contribution in [2.45, 2.75) is 219 Å². The number of carbonyl (C=O) groups is 2. The van der Waals surface area contributed by atoms with Gasteiger partial charge in [-0.05, 0) is 70.6 Å². The first-order valence-electron chi connectivity index (χ1n) is 24.7. The summed E-state index contributed by atoms with van der Waals surface area (Å²) in [6.45, 7) is 6.18. The molecule has 3 N–H and O–H groups in total. The van der Waals surface area contributed by atoms with Crippen molar-refractivity contribution in [3.05, 3.63) is 109 Å². The highest BCUT2D eigenvalue weighted by molar-refractivity contribution is 5.77. The van der Waals surface area contributed by atoms with E-state index in [0.29, 0.717) is 19.3 Å². The van der Waals surface area contributed by atoms with Crippen molar-refractivity contribution in [2.24, 2.45) is 0 Å². The summed E-state index contributed by atoms with van der Waals surface area (Å²) in [5.41, 5.74) is 0. The smallest absolute Gasteiger partial charge is 0.306 e. The molecule has 0 aliphatic carbocycles. The fourth-order valence-electron chi connectivity index (χ4n) is 6.81. The predicted molar refractivity (Wildman–Crippen MR) is 263 cm³/mol. The fraction of sp³-hybridized carbons (Fsp3) is 0.636. The largest absolute Gasteiger partial charge is 0.462 e. The molecule has 0 aliphatic heterocycles. The molecule has 3 atom stereocenters. The van der Waals surface area contributed by atoms with Gasteiger partial charge in [0, 0.05) is 6.42 Å². The summed E-state index contributed by atoms with van der Waals surface area (Å²) in [6.07, 6.45) is 64.4. The minimum atomic E-state index is -0.821. The van der Waals surface area contributed by atoms with Crippen molar-refractivity contribution in [3.8, 4) is 0 Å². The van der Waals surface area contributed by atoms with Crippen LogP contribution in [0.15, 0.2) is 109 Å². The summed E-state index contributed by atoms with van der Waals surface area (Å²) in [6, 6.07) is -0.740. The van der Waals surface area contributed by atoms with E-state index in [4.69, 9.17) is 4.74 Å². The third-order valence-corrected chi connectivity index (χ3v) is 10.5. The average molecular weight is 846 g/mol. The third kappa shape index (κ3) is 43.0. The van der Waals surface area contributed by atoms with Gasteiger partial charge in [0.15, 0.2) is 0 Å². The van der Waals surface area contributed by atoms with Gasteiger partial charge in [-0.2, -0.15) is 0 Å². The van der Waals surface area contributed by atoms with Crippen LogP contribution in [0.5, 0.6) is 0 Å². The van der Waals surface area contributed by atoms with Crippen molar-refractivity contribution in [1.29, 1.82) is 0 Å². The zero-order valence-corrected chi connectivity index (χ0v) is 39.2. The van der Waals surface area contributed by atoms with E-state index in [0.717, 1.165) is 70.6 Å². The Hall–Kier alpha value is -3.48. The zero-order chi connectivity index (χ0) is 44.5.